The van der Waals surface area contributed by atoms with E-state index >= 15 is 0 Å². The standard InChI is InChI=1S/C21H15FN2OS2/c1-26-17(11-13-6-5-9-15(22)10-13)19-23-20(25)18-16(12-27-21(18)24-19)14-7-3-2-4-8-14/h2-12H,1H3,(H,23,24,25)/b17-11-. The minimum atomic E-state index is -0.299. The van der Waals surface area contributed by atoms with Gasteiger partial charge in [0.1, 0.15) is 16.5 Å². The van der Waals surface area contributed by atoms with Gasteiger partial charge in [-0.05, 0) is 35.6 Å². The summed E-state index contributed by atoms with van der Waals surface area (Å²) in [7, 11) is 0. The number of rotatable bonds is 4. The third-order valence-corrected chi connectivity index (χ3v) is 5.75. The molecule has 3 nitrogen and oxygen atoms in total. The van der Waals surface area contributed by atoms with E-state index in [1.807, 2.05) is 54.1 Å². The Morgan fingerprint density at radius 1 is 1.19 bits per heavy atom. The van der Waals surface area contributed by atoms with Crippen LogP contribution in [0, 0.1) is 5.82 Å². The topological polar surface area (TPSA) is 45.8 Å². The van der Waals surface area contributed by atoms with Crippen LogP contribution in [0.25, 0.3) is 32.3 Å². The minimum absolute atomic E-state index is 0.172. The maximum absolute atomic E-state index is 13.5. The van der Waals surface area contributed by atoms with Crippen LogP contribution in [0.4, 0.5) is 4.39 Å². The Balaban J connectivity index is 1.83. The van der Waals surface area contributed by atoms with Gasteiger partial charge in [-0.15, -0.1) is 23.1 Å². The van der Waals surface area contributed by atoms with E-state index in [1.54, 1.807) is 6.07 Å². The summed E-state index contributed by atoms with van der Waals surface area (Å²) in [4.78, 5) is 21.8. The predicted octanol–water partition coefficient (Wildman–Crippen LogP) is 5.65. The Kier molecular flexibility index (Phi) is 4.92. The number of hydrogen-bond acceptors (Lipinski definition) is 4. The first kappa shape index (κ1) is 17.7. The number of nitrogens with one attached hydrogen (secondary N) is 1. The van der Waals surface area contributed by atoms with E-state index < -0.39 is 0 Å². The number of thioether (sulfide) groups is 1. The fourth-order valence-corrected chi connectivity index (χ4v) is 4.36. The van der Waals surface area contributed by atoms with Gasteiger partial charge < -0.3 is 4.98 Å². The summed E-state index contributed by atoms with van der Waals surface area (Å²) in [6.45, 7) is 0. The van der Waals surface area contributed by atoms with E-state index in [-0.39, 0.29) is 11.4 Å². The summed E-state index contributed by atoms with van der Waals surface area (Å²) < 4.78 is 13.5. The van der Waals surface area contributed by atoms with Gasteiger partial charge in [0.2, 0.25) is 0 Å². The summed E-state index contributed by atoms with van der Waals surface area (Å²) in [5.41, 5.74) is 2.42. The van der Waals surface area contributed by atoms with Crippen LogP contribution in [0.5, 0.6) is 0 Å². The SMILES string of the molecule is CS/C(=C\c1cccc(F)c1)c1nc2scc(-c3ccccc3)c2c(=O)[nH]1. The van der Waals surface area contributed by atoms with Crippen molar-refractivity contribution < 1.29 is 4.39 Å². The van der Waals surface area contributed by atoms with Crippen LogP contribution < -0.4 is 5.56 Å². The van der Waals surface area contributed by atoms with Crippen LogP contribution in [0.2, 0.25) is 0 Å². The Morgan fingerprint density at radius 2 is 2.00 bits per heavy atom. The van der Waals surface area contributed by atoms with E-state index in [1.165, 1.54) is 35.2 Å². The van der Waals surface area contributed by atoms with Gasteiger partial charge >= 0.3 is 0 Å². The van der Waals surface area contributed by atoms with Crippen molar-refractivity contribution in [3.8, 4) is 11.1 Å². The van der Waals surface area contributed by atoms with Crippen molar-refractivity contribution in [3.05, 3.63) is 87.5 Å². The molecular weight excluding hydrogens is 379 g/mol. The minimum Gasteiger partial charge on any atom is -0.305 e. The van der Waals surface area contributed by atoms with Crippen molar-refractivity contribution in [1.82, 2.24) is 9.97 Å². The molecule has 0 spiro atoms. The normalized spacial score (nSPS) is 11.9. The largest absolute Gasteiger partial charge is 0.305 e. The van der Waals surface area contributed by atoms with Gasteiger partial charge in [0, 0.05) is 10.9 Å². The maximum atomic E-state index is 13.5. The van der Waals surface area contributed by atoms with Crippen LogP contribution in [-0.4, -0.2) is 16.2 Å². The number of aromatic nitrogens is 2. The van der Waals surface area contributed by atoms with Gasteiger partial charge in [-0.1, -0.05) is 42.5 Å². The summed E-state index contributed by atoms with van der Waals surface area (Å²) >= 11 is 2.90. The first-order valence-corrected chi connectivity index (χ1v) is 10.3. The average Bonchev–Trinajstić information content (AvgIpc) is 3.11. The van der Waals surface area contributed by atoms with Crippen LogP contribution in [-0.2, 0) is 0 Å². The highest BCUT2D eigenvalue weighted by Gasteiger charge is 2.14. The number of nitrogens with zero attached hydrogens (tertiary/aromatic N) is 1. The second kappa shape index (κ2) is 7.50. The smallest absolute Gasteiger partial charge is 0.260 e. The molecule has 2 aromatic carbocycles. The molecule has 0 aliphatic heterocycles. The van der Waals surface area contributed by atoms with Crippen LogP contribution in [0.15, 0.2) is 64.8 Å². The third-order valence-electron chi connectivity index (χ3n) is 4.13. The lowest BCUT2D eigenvalue weighted by Crippen LogP contribution is -2.10. The van der Waals surface area contributed by atoms with Crippen molar-refractivity contribution in [2.24, 2.45) is 0 Å². The number of benzene rings is 2. The zero-order valence-corrected chi connectivity index (χ0v) is 16.0. The molecule has 0 atom stereocenters. The predicted molar refractivity (Wildman–Crippen MR) is 113 cm³/mol. The van der Waals surface area contributed by atoms with Crippen molar-refractivity contribution in [1.29, 1.82) is 0 Å². The van der Waals surface area contributed by atoms with Crippen LogP contribution in [0.1, 0.15) is 11.4 Å². The van der Waals surface area contributed by atoms with Crippen molar-refractivity contribution >= 4 is 44.3 Å². The average molecular weight is 394 g/mol. The highest BCUT2D eigenvalue weighted by Crippen LogP contribution is 2.32. The molecule has 6 heteroatoms. The summed E-state index contributed by atoms with van der Waals surface area (Å²) in [5.74, 6) is 0.192. The molecule has 134 valence electrons. The Hall–Kier alpha value is -2.70. The van der Waals surface area contributed by atoms with Crippen molar-refractivity contribution in [2.45, 2.75) is 0 Å². The third kappa shape index (κ3) is 3.59. The molecule has 0 saturated heterocycles. The van der Waals surface area contributed by atoms with Crippen molar-refractivity contribution in [2.75, 3.05) is 6.26 Å². The Labute approximate surface area is 163 Å². The van der Waals surface area contributed by atoms with E-state index in [0.29, 0.717) is 16.0 Å². The lowest BCUT2D eigenvalue weighted by molar-refractivity contribution is 0.627. The van der Waals surface area contributed by atoms with Crippen LogP contribution in [0.3, 0.4) is 0 Å². The molecule has 0 bridgehead atoms. The molecule has 2 aromatic heterocycles. The summed E-state index contributed by atoms with van der Waals surface area (Å²) in [6.07, 6.45) is 3.72. The molecule has 0 aliphatic carbocycles. The van der Waals surface area contributed by atoms with Gasteiger partial charge in [0.25, 0.3) is 5.56 Å². The summed E-state index contributed by atoms with van der Waals surface area (Å²) in [5, 5.41) is 2.56. The number of aromatic amines is 1. The molecule has 0 radical (unpaired) electrons. The number of halogens is 1. The Morgan fingerprint density at radius 3 is 2.74 bits per heavy atom. The molecule has 27 heavy (non-hydrogen) atoms. The fraction of sp³-hybridized carbons (Fsp3) is 0.0476. The zero-order chi connectivity index (χ0) is 18.8. The molecule has 0 amide bonds. The van der Waals surface area contributed by atoms with Crippen LogP contribution >= 0.6 is 23.1 Å². The first-order valence-electron chi connectivity index (χ1n) is 8.24. The van der Waals surface area contributed by atoms with Gasteiger partial charge in [0.05, 0.1) is 10.3 Å². The van der Waals surface area contributed by atoms with E-state index in [0.717, 1.165) is 21.6 Å². The number of H-pyrrole nitrogens is 1. The molecule has 0 saturated carbocycles. The number of thiophene rings is 1. The lowest BCUT2D eigenvalue weighted by atomic mass is 10.1. The van der Waals surface area contributed by atoms with E-state index in [9.17, 15) is 9.18 Å². The molecular formula is C21H15FN2OS2. The van der Waals surface area contributed by atoms with Crippen molar-refractivity contribution in [3.63, 3.8) is 0 Å². The molecule has 4 aromatic rings. The quantitative estimate of drug-likeness (QED) is 0.486. The van der Waals surface area contributed by atoms with E-state index in [4.69, 9.17) is 0 Å². The molecule has 2 heterocycles. The fourth-order valence-electron chi connectivity index (χ4n) is 2.87. The van der Waals surface area contributed by atoms with Gasteiger partial charge in [0.15, 0.2) is 0 Å². The van der Waals surface area contributed by atoms with E-state index in [2.05, 4.69) is 9.97 Å². The molecule has 0 unspecified atom stereocenters. The number of fused-ring (bicyclic) bond motifs is 1. The highest BCUT2D eigenvalue weighted by atomic mass is 32.2. The molecule has 4 rings (SSSR count). The number of hydrogen-bond donors (Lipinski definition) is 1. The molecule has 0 fully saturated rings. The molecule has 1 N–H and O–H groups in total. The second-order valence-electron chi connectivity index (χ2n) is 5.88. The highest BCUT2D eigenvalue weighted by molar-refractivity contribution is 8.07. The Bertz CT molecular complexity index is 1200. The lowest BCUT2D eigenvalue weighted by Gasteiger charge is -2.05. The van der Waals surface area contributed by atoms with Gasteiger partial charge in [-0.3, -0.25) is 4.79 Å². The van der Waals surface area contributed by atoms with Gasteiger partial charge in [-0.25, -0.2) is 9.37 Å². The zero-order valence-electron chi connectivity index (χ0n) is 14.4. The maximum Gasteiger partial charge on any atom is 0.260 e. The monoisotopic (exact) mass is 394 g/mol. The second-order valence-corrected chi connectivity index (χ2v) is 7.58. The molecule has 0 aliphatic rings. The first-order chi connectivity index (χ1) is 13.2. The summed E-state index contributed by atoms with van der Waals surface area (Å²) in [6, 6.07) is 16.1. The van der Waals surface area contributed by atoms with Gasteiger partial charge in [-0.2, -0.15) is 0 Å².